The van der Waals surface area contributed by atoms with Crippen LogP contribution in [0.3, 0.4) is 0 Å². The van der Waals surface area contributed by atoms with Crippen LogP contribution in [0.2, 0.25) is 0 Å². The number of benzene rings is 1. The predicted molar refractivity (Wildman–Crippen MR) is 78.1 cm³/mol. The third kappa shape index (κ3) is 2.96. The zero-order valence-corrected chi connectivity index (χ0v) is 12.4. The Balaban J connectivity index is 2.15. The number of methoxy groups -OCH3 is 1. The summed E-state index contributed by atoms with van der Waals surface area (Å²) >= 11 is 0. The van der Waals surface area contributed by atoms with Crippen LogP contribution in [-0.2, 0) is 0 Å². The van der Waals surface area contributed by atoms with Gasteiger partial charge in [-0.25, -0.2) is 0 Å². The highest BCUT2D eigenvalue weighted by atomic mass is 16.5. The van der Waals surface area contributed by atoms with E-state index in [2.05, 4.69) is 0 Å². The van der Waals surface area contributed by atoms with Gasteiger partial charge in [0.15, 0.2) is 0 Å². The maximum atomic E-state index is 12.5. The number of rotatable bonds is 3. The number of aliphatic hydroxyl groups is 1. The molecule has 4 heteroatoms. The lowest BCUT2D eigenvalue weighted by Gasteiger charge is -2.35. The molecule has 1 fully saturated rings. The van der Waals surface area contributed by atoms with Crippen molar-refractivity contribution in [2.45, 2.75) is 44.8 Å². The summed E-state index contributed by atoms with van der Waals surface area (Å²) in [7, 11) is 3.40. The number of ether oxygens (including phenoxy) is 1. The molecule has 0 spiro atoms. The van der Waals surface area contributed by atoms with Gasteiger partial charge in [-0.15, -0.1) is 0 Å². The number of nitrogens with zero attached hydrogens (tertiary/aromatic N) is 1. The molecule has 1 aliphatic rings. The zero-order chi connectivity index (χ0) is 14.7. The summed E-state index contributed by atoms with van der Waals surface area (Å²) in [5, 5.41) is 10.1. The van der Waals surface area contributed by atoms with E-state index in [1.165, 1.54) is 0 Å². The van der Waals surface area contributed by atoms with Gasteiger partial charge in [0.25, 0.3) is 5.91 Å². The molecule has 1 aliphatic carbocycles. The first kappa shape index (κ1) is 14.9. The van der Waals surface area contributed by atoms with Crippen molar-refractivity contribution in [2.75, 3.05) is 14.2 Å². The average Bonchev–Trinajstić information content (AvgIpc) is 2.46. The maximum absolute atomic E-state index is 12.5. The number of hydrogen-bond donors (Lipinski definition) is 1. The quantitative estimate of drug-likeness (QED) is 0.923. The number of likely N-dealkylation sites (N-methyl/N-ethyl adjacent to an activating group) is 1. The summed E-state index contributed by atoms with van der Waals surface area (Å²) in [6.07, 6.45) is 3.36. The van der Waals surface area contributed by atoms with Crippen molar-refractivity contribution < 1.29 is 14.6 Å². The predicted octanol–water partition coefficient (Wildman–Crippen LogP) is 2.38. The van der Waals surface area contributed by atoms with Gasteiger partial charge in [-0.2, -0.15) is 0 Å². The highest BCUT2D eigenvalue weighted by Crippen LogP contribution is 2.25. The fraction of sp³-hybridized carbons (Fsp3) is 0.562. The number of amides is 1. The third-order valence-electron chi connectivity index (χ3n) is 4.15. The van der Waals surface area contributed by atoms with Crippen LogP contribution in [0.5, 0.6) is 5.75 Å². The van der Waals surface area contributed by atoms with Gasteiger partial charge >= 0.3 is 0 Å². The molecule has 1 aromatic carbocycles. The number of carbonyl (C=O) groups is 1. The zero-order valence-electron chi connectivity index (χ0n) is 12.4. The van der Waals surface area contributed by atoms with Gasteiger partial charge in [-0.1, -0.05) is 12.8 Å². The largest absolute Gasteiger partial charge is 0.496 e. The van der Waals surface area contributed by atoms with Gasteiger partial charge in [0.2, 0.25) is 0 Å². The molecule has 0 unspecified atom stereocenters. The van der Waals surface area contributed by atoms with Gasteiger partial charge < -0.3 is 14.7 Å². The molecule has 0 heterocycles. The fourth-order valence-electron chi connectivity index (χ4n) is 2.91. The molecule has 2 atom stereocenters. The first-order valence-corrected chi connectivity index (χ1v) is 7.14. The summed E-state index contributed by atoms with van der Waals surface area (Å²) < 4.78 is 5.21. The molecule has 1 N–H and O–H groups in total. The lowest BCUT2D eigenvalue weighted by atomic mass is 9.91. The molecule has 1 amide bonds. The number of hydrogen-bond acceptors (Lipinski definition) is 3. The van der Waals surface area contributed by atoms with Gasteiger partial charge in [0.1, 0.15) is 5.75 Å². The average molecular weight is 277 g/mol. The Hall–Kier alpha value is -1.55. The summed E-state index contributed by atoms with van der Waals surface area (Å²) in [6.45, 7) is 1.92. The molecule has 0 aromatic heterocycles. The molecule has 1 aromatic rings. The number of aryl methyl sites for hydroxylation is 1. The van der Waals surface area contributed by atoms with Crippen molar-refractivity contribution in [3.05, 3.63) is 29.3 Å². The van der Waals surface area contributed by atoms with Crippen LogP contribution in [0.1, 0.15) is 41.6 Å². The molecular formula is C16H23NO3. The van der Waals surface area contributed by atoms with E-state index in [4.69, 9.17) is 4.74 Å². The molecule has 4 nitrogen and oxygen atoms in total. The minimum atomic E-state index is -0.406. The van der Waals surface area contributed by atoms with E-state index in [1.54, 1.807) is 25.1 Å². The van der Waals surface area contributed by atoms with E-state index in [0.717, 1.165) is 37.0 Å². The van der Waals surface area contributed by atoms with Crippen molar-refractivity contribution in [1.29, 1.82) is 0 Å². The van der Waals surface area contributed by atoms with Crippen molar-refractivity contribution in [1.82, 2.24) is 4.90 Å². The second kappa shape index (κ2) is 6.27. The third-order valence-corrected chi connectivity index (χ3v) is 4.15. The molecule has 1 saturated carbocycles. The van der Waals surface area contributed by atoms with Crippen molar-refractivity contribution in [3.8, 4) is 5.75 Å². The topological polar surface area (TPSA) is 49.8 Å². The van der Waals surface area contributed by atoms with Crippen LogP contribution < -0.4 is 4.74 Å². The Kier molecular flexibility index (Phi) is 4.65. The fourth-order valence-corrected chi connectivity index (χ4v) is 2.91. The van der Waals surface area contributed by atoms with Crippen LogP contribution >= 0.6 is 0 Å². The molecule has 0 bridgehead atoms. The molecular weight excluding hydrogens is 254 g/mol. The molecule has 0 aliphatic heterocycles. The smallest absolute Gasteiger partial charge is 0.253 e. The second-order valence-electron chi connectivity index (χ2n) is 5.52. The minimum Gasteiger partial charge on any atom is -0.496 e. The Morgan fingerprint density at radius 2 is 2.05 bits per heavy atom. The van der Waals surface area contributed by atoms with Crippen LogP contribution in [0.25, 0.3) is 0 Å². The van der Waals surface area contributed by atoms with Crippen LogP contribution in [0, 0.1) is 6.92 Å². The van der Waals surface area contributed by atoms with Crippen LogP contribution in [0.4, 0.5) is 0 Å². The molecule has 20 heavy (non-hydrogen) atoms. The van der Waals surface area contributed by atoms with Crippen molar-refractivity contribution >= 4 is 5.91 Å². The Bertz CT molecular complexity index is 487. The minimum absolute atomic E-state index is 0.0401. The molecule has 110 valence electrons. The van der Waals surface area contributed by atoms with Gasteiger partial charge in [-0.05, 0) is 43.5 Å². The Morgan fingerprint density at radius 1 is 1.35 bits per heavy atom. The highest BCUT2D eigenvalue weighted by molar-refractivity contribution is 5.94. The molecule has 0 saturated heterocycles. The molecule has 2 rings (SSSR count). The monoisotopic (exact) mass is 277 g/mol. The van der Waals surface area contributed by atoms with E-state index in [-0.39, 0.29) is 11.9 Å². The van der Waals surface area contributed by atoms with Crippen LogP contribution in [-0.4, -0.2) is 42.2 Å². The SMILES string of the molecule is COc1ccc(C(=O)N(C)[C@H]2CCCC[C@@H]2O)cc1C. The lowest BCUT2D eigenvalue weighted by Crippen LogP contribution is -2.46. The normalized spacial score (nSPS) is 22.4. The Morgan fingerprint density at radius 3 is 2.65 bits per heavy atom. The maximum Gasteiger partial charge on any atom is 0.253 e. The first-order chi connectivity index (χ1) is 9.54. The summed E-state index contributed by atoms with van der Waals surface area (Å²) in [5.41, 5.74) is 1.58. The van der Waals surface area contributed by atoms with Gasteiger partial charge in [0.05, 0.1) is 19.3 Å². The number of carbonyl (C=O) groups excluding carboxylic acids is 1. The molecule has 0 radical (unpaired) electrons. The van der Waals surface area contributed by atoms with Crippen molar-refractivity contribution in [3.63, 3.8) is 0 Å². The summed E-state index contributed by atoms with van der Waals surface area (Å²) in [6, 6.07) is 5.36. The van der Waals surface area contributed by atoms with E-state index < -0.39 is 6.10 Å². The Labute approximate surface area is 120 Å². The second-order valence-corrected chi connectivity index (χ2v) is 5.52. The summed E-state index contributed by atoms with van der Waals surface area (Å²) in [4.78, 5) is 14.2. The standard InChI is InChI=1S/C16H23NO3/c1-11-10-12(8-9-15(11)20-3)16(19)17(2)13-6-4-5-7-14(13)18/h8-10,13-14,18H,4-7H2,1-3H3/t13-,14-/m0/s1. The first-order valence-electron chi connectivity index (χ1n) is 7.14. The van der Waals surface area contributed by atoms with E-state index in [1.807, 2.05) is 19.1 Å². The van der Waals surface area contributed by atoms with E-state index >= 15 is 0 Å². The van der Waals surface area contributed by atoms with Crippen molar-refractivity contribution in [2.24, 2.45) is 0 Å². The highest BCUT2D eigenvalue weighted by Gasteiger charge is 2.29. The summed E-state index contributed by atoms with van der Waals surface area (Å²) in [5.74, 6) is 0.739. The number of aliphatic hydroxyl groups excluding tert-OH is 1. The lowest BCUT2D eigenvalue weighted by molar-refractivity contribution is 0.0268. The van der Waals surface area contributed by atoms with Crippen LogP contribution in [0.15, 0.2) is 18.2 Å². The van der Waals surface area contributed by atoms with Gasteiger partial charge in [-0.3, -0.25) is 4.79 Å². The van der Waals surface area contributed by atoms with Gasteiger partial charge in [0, 0.05) is 12.6 Å². The van der Waals surface area contributed by atoms with E-state index in [9.17, 15) is 9.90 Å². The van der Waals surface area contributed by atoms with E-state index in [0.29, 0.717) is 5.56 Å².